The topological polar surface area (TPSA) is 9.86 Å². The fourth-order valence-corrected chi connectivity index (χ4v) is 13.9. The van der Waals surface area contributed by atoms with Crippen LogP contribution in [-0.2, 0) is 16.2 Å². The summed E-state index contributed by atoms with van der Waals surface area (Å²) in [5.74, 6) is 0. The van der Waals surface area contributed by atoms with Crippen LogP contribution in [0.3, 0.4) is 0 Å². The Balaban J connectivity index is 1.18. The van der Waals surface area contributed by atoms with Gasteiger partial charge in [-0.1, -0.05) is 193 Å². The first kappa shape index (κ1) is 38.7. The summed E-state index contributed by atoms with van der Waals surface area (Å²) in [6.07, 6.45) is 0. The molecule has 0 unspecified atom stereocenters. The quantitative estimate of drug-likeness (QED) is 0.153. The fraction of sp³-hybridized carbons (Fsp3) is 0.169. The monoisotopic (exact) mass is 870 g/mol. The molecule has 2 aromatic heterocycles. The van der Waals surface area contributed by atoms with Gasteiger partial charge in [0.15, 0.2) is 0 Å². The van der Waals surface area contributed by atoms with Crippen molar-refractivity contribution >= 4 is 66.6 Å². The Morgan fingerprint density at radius 2 is 1.03 bits per heavy atom. The number of aromatic nitrogens is 2. The van der Waals surface area contributed by atoms with E-state index in [4.69, 9.17) is 0 Å². The van der Waals surface area contributed by atoms with Gasteiger partial charge in [-0.3, -0.25) is 0 Å². The van der Waals surface area contributed by atoms with Crippen molar-refractivity contribution in [3.8, 4) is 44.9 Å². The fourth-order valence-electron chi connectivity index (χ4n) is 13.9. The molecule has 11 aromatic rings. The maximum absolute atomic E-state index is 2.76. The summed E-state index contributed by atoms with van der Waals surface area (Å²) in [7, 11) is 0. The molecule has 15 rings (SSSR count). The smallest absolute Gasteiger partial charge is 0.253 e. The second-order valence-corrected chi connectivity index (χ2v) is 22.5. The molecule has 5 heterocycles. The molecular weight excluding hydrogens is 820 g/mol. The van der Waals surface area contributed by atoms with Gasteiger partial charge in [-0.2, -0.15) is 0 Å². The highest BCUT2D eigenvalue weighted by Gasteiger charge is 2.54. The predicted octanol–water partition coefficient (Wildman–Crippen LogP) is 14.2. The molecule has 324 valence electrons. The average molecular weight is 871 g/mol. The number of fused-ring (bicyclic) bond motifs is 13. The summed E-state index contributed by atoms with van der Waals surface area (Å²) < 4.78 is 5.48. The Hall–Kier alpha value is -7.36. The second kappa shape index (κ2) is 12.6. The predicted molar refractivity (Wildman–Crippen MR) is 288 cm³/mol. The minimum absolute atomic E-state index is 0.00566. The Bertz CT molecular complexity index is 4060. The van der Waals surface area contributed by atoms with Gasteiger partial charge >= 0.3 is 0 Å². The van der Waals surface area contributed by atoms with Gasteiger partial charge in [0.25, 0.3) is 6.71 Å². The Morgan fingerprint density at radius 3 is 1.69 bits per heavy atom. The molecule has 0 fully saturated rings. The minimum atomic E-state index is -0.513. The van der Waals surface area contributed by atoms with Crippen LogP contribution in [0.4, 0.5) is 0 Å². The lowest BCUT2D eigenvalue weighted by molar-refractivity contribution is 0.590. The van der Waals surface area contributed by atoms with E-state index in [1.165, 1.54) is 149 Å². The van der Waals surface area contributed by atoms with E-state index in [0.29, 0.717) is 0 Å². The molecule has 0 bridgehead atoms. The molecule has 0 radical (unpaired) electrons. The van der Waals surface area contributed by atoms with Gasteiger partial charge < -0.3 is 9.13 Å². The Labute approximate surface area is 398 Å². The summed E-state index contributed by atoms with van der Waals surface area (Å²) in [5.41, 5.74) is 29.1. The largest absolute Gasteiger partial charge is 0.310 e. The summed E-state index contributed by atoms with van der Waals surface area (Å²) in [5, 5.41) is 6.71. The maximum atomic E-state index is 2.76. The zero-order chi connectivity index (χ0) is 45.9. The van der Waals surface area contributed by atoms with Gasteiger partial charge in [0.05, 0.1) is 22.1 Å². The molecule has 1 spiro atoms. The van der Waals surface area contributed by atoms with E-state index in [2.05, 4.69) is 228 Å². The number of nitrogens with zero attached hydrogens (tertiary/aromatic N) is 2. The molecule has 3 aliphatic heterocycles. The molecule has 0 saturated heterocycles. The van der Waals surface area contributed by atoms with Gasteiger partial charge in [-0.25, -0.2) is 0 Å². The van der Waals surface area contributed by atoms with Crippen molar-refractivity contribution in [3.63, 3.8) is 0 Å². The number of aryl methyl sites for hydroxylation is 2. The van der Waals surface area contributed by atoms with E-state index in [1.807, 2.05) is 0 Å². The molecule has 4 aliphatic rings. The molecule has 3 heteroatoms. The highest BCUT2D eigenvalue weighted by atomic mass is 15.1. The van der Waals surface area contributed by atoms with Crippen LogP contribution in [0.5, 0.6) is 0 Å². The third-order valence-electron chi connectivity index (χ3n) is 16.9. The molecule has 68 heavy (non-hydrogen) atoms. The van der Waals surface area contributed by atoms with Crippen LogP contribution in [0.25, 0.3) is 88.4 Å². The highest BCUT2D eigenvalue weighted by Crippen LogP contribution is 2.62. The first-order valence-electron chi connectivity index (χ1n) is 24.6. The summed E-state index contributed by atoms with van der Waals surface area (Å²) in [6.45, 7) is 18.6. The zero-order valence-electron chi connectivity index (χ0n) is 40.1. The molecule has 2 nitrogen and oxygen atoms in total. The summed E-state index contributed by atoms with van der Waals surface area (Å²) >= 11 is 0. The lowest BCUT2D eigenvalue weighted by atomic mass is 9.33. The van der Waals surface area contributed by atoms with Gasteiger partial charge in [0.1, 0.15) is 0 Å². The van der Waals surface area contributed by atoms with Crippen molar-refractivity contribution < 1.29 is 0 Å². The van der Waals surface area contributed by atoms with Gasteiger partial charge in [-0.05, 0) is 131 Å². The minimum Gasteiger partial charge on any atom is -0.310 e. The van der Waals surface area contributed by atoms with Crippen LogP contribution in [0.15, 0.2) is 164 Å². The Morgan fingerprint density at radius 1 is 0.456 bits per heavy atom. The van der Waals surface area contributed by atoms with Gasteiger partial charge in [0.2, 0.25) is 0 Å². The van der Waals surface area contributed by atoms with Crippen LogP contribution >= 0.6 is 0 Å². The molecule has 0 amide bonds. The van der Waals surface area contributed by atoms with Crippen molar-refractivity contribution in [1.29, 1.82) is 0 Å². The maximum Gasteiger partial charge on any atom is 0.253 e. The van der Waals surface area contributed by atoms with Crippen LogP contribution in [0, 0.1) is 13.8 Å². The lowest BCUT2D eigenvalue weighted by Crippen LogP contribution is -2.60. The second-order valence-electron chi connectivity index (χ2n) is 22.5. The molecule has 0 N–H and O–H groups in total. The third-order valence-corrected chi connectivity index (χ3v) is 16.9. The lowest BCUT2D eigenvalue weighted by Gasteiger charge is -2.44. The van der Waals surface area contributed by atoms with E-state index >= 15 is 0 Å². The van der Waals surface area contributed by atoms with E-state index < -0.39 is 5.41 Å². The standard InChI is InChI=1S/C65H51BN2/c1-36-21-31-49-60-53(36)54-37(2)22-33-51-62(54)68(60)61-50(65(49)47-19-13-11-17-44(47)45-18-12-14-20-48(45)65)32-34-52-57(61)66(51)56-43-16-10-9-15-40(43)35-46-55(38-23-27-41(28-24-38)63(3,4)5)58(67(52)59(46)56)39-25-29-42(30-26-39)64(6,7)8/h9-35H,1-8H3. The van der Waals surface area contributed by atoms with Crippen molar-refractivity contribution in [2.24, 2.45) is 0 Å². The van der Waals surface area contributed by atoms with E-state index in [9.17, 15) is 0 Å². The Kier molecular flexibility index (Phi) is 7.17. The van der Waals surface area contributed by atoms with Gasteiger partial charge in [0, 0.05) is 38.6 Å². The average Bonchev–Trinajstić information content (AvgIpc) is 3.98. The van der Waals surface area contributed by atoms with Crippen molar-refractivity contribution in [2.75, 3.05) is 0 Å². The SMILES string of the molecule is Cc1ccc2c3c1c1c(C)ccc4c1n3-c1c(ccc3c1B2c1c2ccccc2cc2c(-c5ccc(C(C)(C)C)cc5)c(-c5ccc(C(C)(C)C)cc5)n-3c12)C41c2ccccc2-c2ccccc21. The zero-order valence-corrected chi connectivity index (χ0v) is 40.1. The molecule has 1 aliphatic carbocycles. The molecule has 9 aromatic carbocycles. The van der Waals surface area contributed by atoms with E-state index in [-0.39, 0.29) is 17.5 Å². The van der Waals surface area contributed by atoms with Crippen LogP contribution in [0.2, 0.25) is 0 Å². The number of hydrogen-bond donors (Lipinski definition) is 0. The third kappa shape index (κ3) is 4.48. The van der Waals surface area contributed by atoms with Crippen molar-refractivity contribution in [3.05, 3.63) is 208 Å². The number of benzene rings is 9. The number of hydrogen-bond acceptors (Lipinski definition) is 0. The molecule has 0 saturated carbocycles. The highest BCUT2D eigenvalue weighted by molar-refractivity contribution is 7.01. The van der Waals surface area contributed by atoms with Gasteiger partial charge in [-0.15, -0.1) is 0 Å². The van der Waals surface area contributed by atoms with Crippen molar-refractivity contribution in [1.82, 2.24) is 9.13 Å². The summed E-state index contributed by atoms with van der Waals surface area (Å²) in [4.78, 5) is 0. The van der Waals surface area contributed by atoms with Crippen LogP contribution in [-0.4, -0.2) is 15.8 Å². The van der Waals surface area contributed by atoms with Crippen LogP contribution < -0.4 is 16.4 Å². The van der Waals surface area contributed by atoms with E-state index in [1.54, 1.807) is 0 Å². The van der Waals surface area contributed by atoms with Crippen molar-refractivity contribution in [2.45, 2.75) is 71.6 Å². The summed E-state index contributed by atoms with van der Waals surface area (Å²) in [6, 6.07) is 64.3. The first-order valence-corrected chi connectivity index (χ1v) is 24.6. The first-order chi connectivity index (χ1) is 32.9. The number of rotatable bonds is 2. The van der Waals surface area contributed by atoms with E-state index in [0.717, 1.165) is 0 Å². The van der Waals surface area contributed by atoms with Crippen LogP contribution in [0.1, 0.15) is 86.1 Å². The normalized spacial score (nSPS) is 14.6. The molecule has 0 atom stereocenters. The molecular formula is C65H51BN2.